The highest BCUT2D eigenvalue weighted by Gasteiger charge is 2.16. The molecular weight excluding hydrogens is 314 g/mol. The monoisotopic (exact) mass is 339 g/mol. The second-order valence-corrected chi connectivity index (χ2v) is 4.90. The Hall–Kier alpha value is -2.44. The van der Waals surface area contributed by atoms with Crippen molar-refractivity contribution in [3.63, 3.8) is 0 Å². The minimum absolute atomic E-state index is 0.142. The number of aryl methyl sites for hydroxylation is 1. The molecule has 0 bridgehead atoms. The molecule has 24 heavy (non-hydrogen) atoms. The number of methoxy groups -OCH3 is 3. The zero-order valence-electron chi connectivity index (χ0n) is 14.6. The van der Waals surface area contributed by atoms with Crippen LogP contribution in [-0.2, 0) is 20.7 Å². The van der Waals surface area contributed by atoms with E-state index in [-0.39, 0.29) is 31.3 Å². The van der Waals surface area contributed by atoms with Crippen LogP contribution in [0.25, 0.3) is 0 Å². The van der Waals surface area contributed by atoms with Crippen LogP contribution in [0.15, 0.2) is 12.1 Å². The van der Waals surface area contributed by atoms with E-state index in [0.717, 1.165) is 5.56 Å². The third kappa shape index (κ3) is 5.64. The van der Waals surface area contributed by atoms with Crippen molar-refractivity contribution >= 4 is 11.9 Å². The number of benzene rings is 1. The number of ether oxygens (including phenoxy) is 4. The van der Waals surface area contributed by atoms with Gasteiger partial charge in [0, 0.05) is 13.0 Å². The molecule has 0 radical (unpaired) electrons. The summed E-state index contributed by atoms with van der Waals surface area (Å²) >= 11 is 0. The Bertz CT molecular complexity index is 558. The molecule has 1 amide bonds. The molecule has 0 heterocycles. The molecule has 7 nitrogen and oxygen atoms in total. The van der Waals surface area contributed by atoms with Gasteiger partial charge in [-0.05, 0) is 25.0 Å². The highest BCUT2D eigenvalue weighted by atomic mass is 16.5. The Morgan fingerprint density at radius 1 is 1.00 bits per heavy atom. The van der Waals surface area contributed by atoms with Crippen molar-refractivity contribution in [2.45, 2.75) is 26.2 Å². The molecule has 0 aromatic heterocycles. The molecule has 1 N–H and O–H groups in total. The highest BCUT2D eigenvalue weighted by Crippen LogP contribution is 2.40. The number of carbonyl (C=O) groups is 2. The maximum atomic E-state index is 11.9. The summed E-state index contributed by atoms with van der Waals surface area (Å²) in [5.41, 5.74) is 0.843. The first-order valence-corrected chi connectivity index (χ1v) is 7.77. The van der Waals surface area contributed by atoms with Crippen molar-refractivity contribution in [3.8, 4) is 17.2 Å². The van der Waals surface area contributed by atoms with E-state index in [1.807, 2.05) is 6.07 Å². The Morgan fingerprint density at radius 2 is 1.71 bits per heavy atom. The molecule has 0 saturated carbocycles. The number of hydrogen-bond acceptors (Lipinski definition) is 6. The van der Waals surface area contributed by atoms with E-state index in [1.165, 1.54) is 7.11 Å². The van der Waals surface area contributed by atoms with Crippen LogP contribution < -0.4 is 19.5 Å². The Balaban J connectivity index is 2.58. The maximum Gasteiger partial charge on any atom is 0.307 e. The van der Waals surface area contributed by atoms with E-state index in [1.54, 1.807) is 27.2 Å². The van der Waals surface area contributed by atoms with Crippen molar-refractivity contribution < 1.29 is 28.5 Å². The van der Waals surface area contributed by atoms with Gasteiger partial charge >= 0.3 is 5.97 Å². The zero-order chi connectivity index (χ0) is 17.9. The lowest BCUT2D eigenvalue weighted by molar-refractivity contribution is -0.143. The summed E-state index contributed by atoms with van der Waals surface area (Å²) in [7, 11) is 4.63. The van der Waals surface area contributed by atoms with Gasteiger partial charge in [0.25, 0.3) is 0 Å². The maximum absolute atomic E-state index is 11.9. The van der Waals surface area contributed by atoms with Gasteiger partial charge in [-0.1, -0.05) is 6.07 Å². The van der Waals surface area contributed by atoms with Gasteiger partial charge < -0.3 is 24.3 Å². The SMILES string of the molecule is CCOC(=O)CCNC(=O)CCc1ccc(OC)c(OC)c1OC. The van der Waals surface area contributed by atoms with Gasteiger partial charge in [-0.25, -0.2) is 0 Å². The molecule has 7 heteroatoms. The summed E-state index contributed by atoms with van der Waals surface area (Å²) < 4.78 is 20.7. The minimum Gasteiger partial charge on any atom is -0.493 e. The lowest BCUT2D eigenvalue weighted by Gasteiger charge is -2.15. The molecule has 0 atom stereocenters. The third-order valence-corrected chi connectivity index (χ3v) is 3.36. The summed E-state index contributed by atoms with van der Waals surface area (Å²) in [5, 5.41) is 2.69. The van der Waals surface area contributed by atoms with E-state index in [9.17, 15) is 9.59 Å². The summed E-state index contributed by atoms with van der Waals surface area (Å²) in [6.45, 7) is 2.35. The summed E-state index contributed by atoms with van der Waals surface area (Å²) in [6, 6.07) is 3.61. The van der Waals surface area contributed by atoms with E-state index in [2.05, 4.69) is 5.32 Å². The van der Waals surface area contributed by atoms with Crippen LogP contribution in [-0.4, -0.2) is 46.4 Å². The smallest absolute Gasteiger partial charge is 0.307 e. The number of rotatable bonds is 10. The molecule has 1 aromatic rings. The van der Waals surface area contributed by atoms with Crippen LogP contribution in [0, 0.1) is 0 Å². The summed E-state index contributed by atoms with van der Waals surface area (Å²) in [5.74, 6) is 1.16. The first kappa shape index (κ1) is 19.6. The summed E-state index contributed by atoms with van der Waals surface area (Å²) in [6.07, 6.45) is 0.919. The molecule has 1 aromatic carbocycles. The Kier molecular flexibility index (Phi) is 8.46. The van der Waals surface area contributed by atoms with Crippen molar-refractivity contribution in [1.29, 1.82) is 0 Å². The average molecular weight is 339 g/mol. The van der Waals surface area contributed by atoms with Gasteiger partial charge in [0.15, 0.2) is 11.5 Å². The fourth-order valence-corrected chi connectivity index (χ4v) is 2.23. The second kappa shape index (κ2) is 10.4. The van der Waals surface area contributed by atoms with Crippen LogP contribution in [0.1, 0.15) is 25.3 Å². The molecule has 1 rings (SSSR count). The second-order valence-electron chi connectivity index (χ2n) is 4.90. The van der Waals surface area contributed by atoms with Gasteiger partial charge in [0.1, 0.15) is 0 Å². The minimum atomic E-state index is -0.320. The largest absolute Gasteiger partial charge is 0.493 e. The van der Waals surface area contributed by atoms with Gasteiger partial charge in [-0.15, -0.1) is 0 Å². The van der Waals surface area contributed by atoms with Crippen molar-refractivity contribution in [2.75, 3.05) is 34.5 Å². The van der Waals surface area contributed by atoms with Gasteiger partial charge in [-0.2, -0.15) is 0 Å². The standard InChI is InChI=1S/C17H25NO6/c1-5-24-15(20)10-11-18-14(19)9-7-12-6-8-13(21-2)17(23-4)16(12)22-3/h6,8H,5,7,9-11H2,1-4H3,(H,18,19). The quantitative estimate of drug-likeness (QED) is 0.654. The molecule has 134 valence electrons. The molecule has 0 aliphatic carbocycles. The molecule has 0 fully saturated rings. The predicted octanol–water partition coefficient (Wildman–Crippen LogP) is 1.71. The zero-order valence-corrected chi connectivity index (χ0v) is 14.6. The number of carbonyl (C=O) groups excluding carboxylic acids is 2. The normalized spacial score (nSPS) is 10.0. The molecular formula is C17H25NO6. The highest BCUT2D eigenvalue weighted by molar-refractivity contribution is 5.77. The van der Waals surface area contributed by atoms with Crippen molar-refractivity contribution in [2.24, 2.45) is 0 Å². The first-order valence-electron chi connectivity index (χ1n) is 7.77. The van der Waals surface area contributed by atoms with Crippen molar-refractivity contribution in [1.82, 2.24) is 5.32 Å². The van der Waals surface area contributed by atoms with Crippen LogP contribution in [0.2, 0.25) is 0 Å². The summed E-state index contributed by atoms with van der Waals surface area (Å²) in [4.78, 5) is 23.1. The van der Waals surface area contributed by atoms with Gasteiger partial charge in [-0.3, -0.25) is 9.59 Å². The topological polar surface area (TPSA) is 83.1 Å². The fraction of sp³-hybridized carbons (Fsp3) is 0.529. The number of esters is 1. The molecule has 0 saturated heterocycles. The van der Waals surface area contributed by atoms with Gasteiger partial charge in [0.05, 0.1) is 34.4 Å². The van der Waals surface area contributed by atoms with Crippen molar-refractivity contribution in [3.05, 3.63) is 17.7 Å². The Morgan fingerprint density at radius 3 is 2.29 bits per heavy atom. The molecule has 0 spiro atoms. The van der Waals surface area contributed by atoms with Crippen LogP contribution in [0.3, 0.4) is 0 Å². The number of amides is 1. The van der Waals surface area contributed by atoms with Crippen LogP contribution in [0.4, 0.5) is 0 Å². The van der Waals surface area contributed by atoms with Crippen LogP contribution in [0.5, 0.6) is 17.2 Å². The molecule has 0 aliphatic heterocycles. The fourth-order valence-electron chi connectivity index (χ4n) is 2.23. The Labute approximate surface area is 142 Å². The van der Waals surface area contributed by atoms with E-state index in [4.69, 9.17) is 18.9 Å². The van der Waals surface area contributed by atoms with E-state index < -0.39 is 0 Å². The molecule has 0 aliphatic rings. The van der Waals surface area contributed by atoms with E-state index in [0.29, 0.717) is 30.3 Å². The number of hydrogen-bond donors (Lipinski definition) is 1. The van der Waals surface area contributed by atoms with E-state index >= 15 is 0 Å². The van der Waals surface area contributed by atoms with Gasteiger partial charge in [0.2, 0.25) is 11.7 Å². The third-order valence-electron chi connectivity index (χ3n) is 3.36. The lowest BCUT2D eigenvalue weighted by atomic mass is 10.1. The first-order chi connectivity index (χ1) is 11.6. The number of nitrogens with one attached hydrogen (secondary N) is 1. The molecule has 0 unspecified atom stereocenters. The van der Waals surface area contributed by atoms with Crippen LogP contribution >= 0.6 is 0 Å². The lowest BCUT2D eigenvalue weighted by Crippen LogP contribution is -2.26. The average Bonchev–Trinajstić information content (AvgIpc) is 2.58. The predicted molar refractivity (Wildman–Crippen MR) is 88.7 cm³/mol.